The van der Waals surface area contributed by atoms with Crippen LogP contribution in [0.15, 0.2) is 0 Å². The van der Waals surface area contributed by atoms with Crippen molar-refractivity contribution in [1.29, 1.82) is 0 Å². The molecule has 0 radical (unpaired) electrons. The van der Waals surface area contributed by atoms with E-state index in [0.29, 0.717) is 0 Å². The van der Waals surface area contributed by atoms with Crippen LogP contribution in [0.1, 0.15) is 71.1 Å². The first-order valence-electron chi connectivity index (χ1n) is 9.51. The van der Waals surface area contributed by atoms with Gasteiger partial charge in [-0.1, -0.05) is 64.7 Å². The third-order valence-corrected chi connectivity index (χ3v) is 4.74. The summed E-state index contributed by atoms with van der Waals surface area (Å²) in [6.07, 6.45) is 14.3. The average Bonchev–Trinajstić information content (AvgIpc) is 2.51. The van der Waals surface area contributed by atoms with Gasteiger partial charge in [0.15, 0.2) is 0 Å². The van der Waals surface area contributed by atoms with Crippen LogP contribution in [0, 0.1) is 0 Å². The Morgan fingerprint density at radius 2 is 1.05 bits per heavy atom. The van der Waals surface area contributed by atoms with Crippen molar-refractivity contribution in [3.05, 3.63) is 0 Å². The molecule has 1 saturated heterocycles. The first kappa shape index (κ1) is 18.9. The van der Waals surface area contributed by atoms with Gasteiger partial charge in [0.1, 0.15) is 0 Å². The molecule has 1 fully saturated rings. The molecule has 2 N–H and O–H groups in total. The van der Waals surface area contributed by atoms with Gasteiger partial charge in [0.25, 0.3) is 0 Å². The summed E-state index contributed by atoms with van der Waals surface area (Å²) in [7, 11) is 0. The predicted molar refractivity (Wildman–Crippen MR) is 93.8 cm³/mol. The van der Waals surface area contributed by atoms with E-state index in [0.717, 1.165) is 13.1 Å². The molecule has 3 nitrogen and oxygen atoms in total. The molecule has 0 atom stereocenters. The smallest absolute Gasteiger partial charge is 0.0110 e. The summed E-state index contributed by atoms with van der Waals surface area (Å²) in [6.45, 7) is 10.4. The molecule has 1 heterocycles. The molecule has 21 heavy (non-hydrogen) atoms. The van der Waals surface area contributed by atoms with Crippen molar-refractivity contribution in [1.82, 2.24) is 9.80 Å². The summed E-state index contributed by atoms with van der Waals surface area (Å²) in [5, 5.41) is 0. The normalized spacial score (nSPS) is 17.4. The fourth-order valence-corrected chi connectivity index (χ4v) is 3.24. The monoisotopic (exact) mass is 297 g/mol. The number of piperazine rings is 1. The van der Waals surface area contributed by atoms with Crippen LogP contribution in [0.3, 0.4) is 0 Å². The first-order chi connectivity index (χ1) is 10.4. The van der Waals surface area contributed by atoms with Gasteiger partial charge in [0, 0.05) is 39.3 Å². The Morgan fingerprint density at radius 3 is 1.52 bits per heavy atom. The summed E-state index contributed by atoms with van der Waals surface area (Å²) in [5.41, 5.74) is 5.61. The fourth-order valence-electron chi connectivity index (χ4n) is 3.24. The molecule has 1 rings (SSSR count). The van der Waals surface area contributed by atoms with Crippen LogP contribution in [0.2, 0.25) is 0 Å². The second-order valence-corrected chi connectivity index (χ2v) is 6.65. The Bertz CT molecular complexity index is 213. The average molecular weight is 298 g/mol. The molecule has 0 amide bonds. The van der Waals surface area contributed by atoms with Crippen LogP contribution in [-0.2, 0) is 0 Å². The van der Waals surface area contributed by atoms with Crippen LogP contribution in [0.5, 0.6) is 0 Å². The third kappa shape index (κ3) is 10.3. The second kappa shape index (κ2) is 13.5. The maximum atomic E-state index is 5.61. The van der Waals surface area contributed by atoms with E-state index >= 15 is 0 Å². The molecule has 0 aliphatic carbocycles. The van der Waals surface area contributed by atoms with Crippen LogP contribution in [-0.4, -0.2) is 55.6 Å². The fraction of sp³-hybridized carbons (Fsp3) is 1.00. The molecule has 0 aromatic rings. The van der Waals surface area contributed by atoms with E-state index in [1.165, 1.54) is 96.9 Å². The molecule has 0 unspecified atom stereocenters. The molecule has 0 spiro atoms. The minimum Gasteiger partial charge on any atom is -0.329 e. The highest BCUT2D eigenvalue weighted by atomic mass is 15.3. The van der Waals surface area contributed by atoms with E-state index in [1.54, 1.807) is 0 Å². The maximum Gasteiger partial charge on any atom is 0.0110 e. The molecular weight excluding hydrogens is 258 g/mol. The number of hydrogen-bond acceptors (Lipinski definition) is 3. The molecule has 1 aliphatic heterocycles. The van der Waals surface area contributed by atoms with Gasteiger partial charge in [0.05, 0.1) is 0 Å². The summed E-state index contributed by atoms with van der Waals surface area (Å²) >= 11 is 0. The molecule has 0 saturated carbocycles. The highest BCUT2D eigenvalue weighted by Gasteiger charge is 2.15. The van der Waals surface area contributed by atoms with Gasteiger partial charge < -0.3 is 10.6 Å². The standard InChI is InChI=1S/C18H39N3/c1-2-3-4-5-6-7-8-9-10-11-13-20-15-17-21(14-12-19)18-16-20/h2-19H2,1H3. The number of nitrogens with zero attached hydrogens (tertiary/aromatic N) is 2. The highest BCUT2D eigenvalue weighted by molar-refractivity contribution is 4.71. The van der Waals surface area contributed by atoms with E-state index in [-0.39, 0.29) is 0 Å². The predicted octanol–water partition coefficient (Wildman–Crippen LogP) is 3.48. The number of hydrogen-bond donors (Lipinski definition) is 1. The van der Waals surface area contributed by atoms with Crippen molar-refractivity contribution in [3.63, 3.8) is 0 Å². The van der Waals surface area contributed by atoms with Gasteiger partial charge in [-0.15, -0.1) is 0 Å². The van der Waals surface area contributed by atoms with E-state index in [2.05, 4.69) is 16.7 Å². The van der Waals surface area contributed by atoms with Crippen LogP contribution < -0.4 is 5.73 Å². The van der Waals surface area contributed by atoms with Crippen LogP contribution in [0.25, 0.3) is 0 Å². The van der Waals surface area contributed by atoms with E-state index in [1.807, 2.05) is 0 Å². The Labute approximate surface area is 133 Å². The zero-order valence-electron chi connectivity index (χ0n) is 14.5. The number of unbranched alkanes of at least 4 members (excludes halogenated alkanes) is 9. The molecule has 1 aliphatic rings. The topological polar surface area (TPSA) is 32.5 Å². The lowest BCUT2D eigenvalue weighted by Crippen LogP contribution is -2.47. The molecule has 0 aromatic heterocycles. The van der Waals surface area contributed by atoms with Crippen molar-refractivity contribution < 1.29 is 0 Å². The SMILES string of the molecule is CCCCCCCCCCCCN1CCN(CCN)CC1. The summed E-state index contributed by atoms with van der Waals surface area (Å²) < 4.78 is 0. The minimum absolute atomic E-state index is 0.804. The minimum atomic E-state index is 0.804. The summed E-state index contributed by atoms with van der Waals surface area (Å²) in [5.74, 6) is 0. The van der Waals surface area contributed by atoms with Gasteiger partial charge in [-0.2, -0.15) is 0 Å². The molecule has 126 valence electrons. The van der Waals surface area contributed by atoms with Gasteiger partial charge in [-0.25, -0.2) is 0 Å². The van der Waals surface area contributed by atoms with E-state index in [9.17, 15) is 0 Å². The lowest BCUT2D eigenvalue weighted by atomic mass is 10.1. The van der Waals surface area contributed by atoms with Crippen LogP contribution in [0.4, 0.5) is 0 Å². The van der Waals surface area contributed by atoms with E-state index < -0.39 is 0 Å². The van der Waals surface area contributed by atoms with Gasteiger partial charge in [-0.05, 0) is 13.0 Å². The molecule has 0 aromatic carbocycles. The number of rotatable bonds is 13. The highest BCUT2D eigenvalue weighted by Crippen LogP contribution is 2.11. The van der Waals surface area contributed by atoms with E-state index in [4.69, 9.17) is 5.73 Å². The summed E-state index contributed by atoms with van der Waals surface area (Å²) in [6, 6.07) is 0. The van der Waals surface area contributed by atoms with Crippen LogP contribution >= 0.6 is 0 Å². The lowest BCUT2D eigenvalue weighted by molar-refractivity contribution is 0.133. The molecular formula is C18H39N3. The van der Waals surface area contributed by atoms with Gasteiger partial charge >= 0.3 is 0 Å². The van der Waals surface area contributed by atoms with Gasteiger partial charge in [-0.3, -0.25) is 4.90 Å². The van der Waals surface area contributed by atoms with Crippen molar-refractivity contribution in [2.45, 2.75) is 71.1 Å². The molecule has 3 heteroatoms. The lowest BCUT2D eigenvalue weighted by Gasteiger charge is -2.34. The maximum absolute atomic E-state index is 5.61. The van der Waals surface area contributed by atoms with Crippen molar-refractivity contribution in [3.8, 4) is 0 Å². The Hall–Kier alpha value is -0.120. The largest absolute Gasteiger partial charge is 0.329 e. The zero-order valence-corrected chi connectivity index (χ0v) is 14.5. The van der Waals surface area contributed by atoms with Crippen molar-refractivity contribution >= 4 is 0 Å². The Morgan fingerprint density at radius 1 is 0.619 bits per heavy atom. The molecule has 0 bridgehead atoms. The third-order valence-electron chi connectivity index (χ3n) is 4.74. The van der Waals surface area contributed by atoms with Gasteiger partial charge in [0.2, 0.25) is 0 Å². The zero-order chi connectivity index (χ0) is 15.2. The first-order valence-corrected chi connectivity index (χ1v) is 9.51. The summed E-state index contributed by atoms with van der Waals surface area (Å²) in [4.78, 5) is 5.13. The van der Waals surface area contributed by atoms with Crippen molar-refractivity contribution in [2.75, 3.05) is 45.8 Å². The van der Waals surface area contributed by atoms with Crippen molar-refractivity contribution in [2.24, 2.45) is 5.73 Å². The quantitative estimate of drug-likeness (QED) is 0.528. The number of nitrogens with two attached hydrogens (primary N) is 1. The Kier molecular flexibility index (Phi) is 12.2. The second-order valence-electron chi connectivity index (χ2n) is 6.65. The Balaban J connectivity index is 1.80.